The Labute approximate surface area is 200 Å². The number of carbonyl (C=O) groups excluding carboxylic acids is 3. The number of thioether (sulfide) groups is 1. The molecule has 0 aliphatic rings. The van der Waals surface area contributed by atoms with Crippen molar-refractivity contribution in [1.29, 1.82) is 0 Å². The Morgan fingerprint density at radius 3 is 2.70 bits per heavy atom. The number of rotatable bonds is 10. The van der Waals surface area contributed by atoms with Crippen molar-refractivity contribution in [3.63, 3.8) is 0 Å². The molecule has 170 valence electrons. The van der Waals surface area contributed by atoms with Crippen molar-refractivity contribution >= 4 is 57.8 Å². The average Bonchev–Trinajstić information content (AvgIpc) is 3.24. The lowest BCUT2D eigenvalue weighted by Gasteiger charge is -2.06. The van der Waals surface area contributed by atoms with Crippen LogP contribution in [0.4, 0.5) is 10.8 Å². The highest BCUT2D eigenvalue weighted by Gasteiger charge is 2.11. The van der Waals surface area contributed by atoms with Gasteiger partial charge in [0.25, 0.3) is 0 Å². The summed E-state index contributed by atoms with van der Waals surface area (Å²) in [5.74, 6) is -0.616. The lowest BCUT2D eigenvalue weighted by atomic mass is 10.2. The first-order chi connectivity index (χ1) is 16.0. The van der Waals surface area contributed by atoms with E-state index in [1.807, 2.05) is 48.5 Å². The van der Waals surface area contributed by atoms with Gasteiger partial charge in [-0.25, -0.2) is 4.98 Å². The molecule has 2 N–H and O–H groups in total. The smallest absolute Gasteiger partial charge is 0.311 e. The minimum absolute atomic E-state index is 0.0774. The summed E-state index contributed by atoms with van der Waals surface area (Å²) < 4.78 is 4.90. The number of nitrogens with one attached hydrogen (secondary N) is 2. The normalized spacial score (nSPS) is 10.7. The van der Waals surface area contributed by atoms with Crippen LogP contribution in [-0.2, 0) is 25.5 Å². The standard InChI is InChI=1S/C24H23N3O4S2/c1-2-31-23(30)14-19-15-33-24(26-19)27-22(29)16-32-20-10-6-9-18(13-20)25-21(28)12-11-17-7-4-3-5-8-17/h3-13,15H,2,14,16H2,1H3,(H,25,28)(H,26,27,29)/b12-11+. The van der Waals surface area contributed by atoms with E-state index >= 15 is 0 Å². The molecule has 1 heterocycles. The van der Waals surface area contributed by atoms with Crippen molar-refractivity contribution in [3.8, 4) is 0 Å². The average molecular weight is 482 g/mol. The minimum atomic E-state index is -0.348. The van der Waals surface area contributed by atoms with Gasteiger partial charge in [0.15, 0.2) is 5.13 Å². The summed E-state index contributed by atoms with van der Waals surface area (Å²) in [5, 5.41) is 7.71. The fourth-order valence-electron chi connectivity index (χ4n) is 2.69. The molecule has 0 radical (unpaired) electrons. The van der Waals surface area contributed by atoms with E-state index < -0.39 is 0 Å². The highest BCUT2D eigenvalue weighted by atomic mass is 32.2. The number of esters is 1. The van der Waals surface area contributed by atoms with Gasteiger partial charge in [0.1, 0.15) is 0 Å². The zero-order valence-electron chi connectivity index (χ0n) is 17.9. The molecule has 0 spiro atoms. The van der Waals surface area contributed by atoms with E-state index in [-0.39, 0.29) is 30.0 Å². The summed E-state index contributed by atoms with van der Waals surface area (Å²) in [4.78, 5) is 41.0. The van der Waals surface area contributed by atoms with Crippen molar-refractivity contribution in [3.05, 3.63) is 77.3 Å². The lowest BCUT2D eigenvalue weighted by Crippen LogP contribution is -2.14. The number of amides is 2. The SMILES string of the molecule is CCOC(=O)Cc1csc(NC(=O)CSc2cccc(NC(=O)/C=C/c3ccccc3)c2)n1. The number of hydrogen-bond donors (Lipinski definition) is 2. The fraction of sp³-hybridized carbons (Fsp3) is 0.167. The number of benzene rings is 2. The van der Waals surface area contributed by atoms with Gasteiger partial charge in [0.05, 0.1) is 24.5 Å². The molecule has 9 heteroatoms. The van der Waals surface area contributed by atoms with Crippen LogP contribution < -0.4 is 10.6 Å². The summed E-state index contributed by atoms with van der Waals surface area (Å²) in [5.41, 5.74) is 2.15. The molecule has 0 atom stereocenters. The van der Waals surface area contributed by atoms with Gasteiger partial charge in [0, 0.05) is 22.0 Å². The van der Waals surface area contributed by atoms with Crippen molar-refractivity contribution in [2.24, 2.45) is 0 Å². The second kappa shape index (κ2) is 12.6. The number of thiazole rings is 1. The maximum atomic E-state index is 12.3. The van der Waals surface area contributed by atoms with E-state index in [1.165, 1.54) is 29.2 Å². The van der Waals surface area contributed by atoms with Crippen LogP contribution in [0.2, 0.25) is 0 Å². The van der Waals surface area contributed by atoms with Gasteiger partial charge in [-0.1, -0.05) is 36.4 Å². The number of aromatic nitrogens is 1. The Bertz CT molecular complexity index is 1130. The van der Waals surface area contributed by atoms with Crippen LogP contribution in [-0.4, -0.2) is 35.1 Å². The van der Waals surface area contributed by atoms with Gasteiger partial charge in [-0.05, 0) is 36.8 Å². The molecule has 2 aromatic carbocycles. The van der Waals surface area contributed by atoms with Gasteiger partial charge in [0.2, 0.25) is 11.8 Å². The van der Waals surface area contributed by atoms with Crippen LogP contribution in [0.3, 0.4) is 0 Å². The highest BCUT2D eigenvalue weighted by Crippen LogP contribution is 2.23. The molecule has 3 aromatic rings. The molecular weight excluding hydrogens is 458 g/mol. The van der Waals surface area contributed by atoms with Crippen LogP contribution in [0.1, 0.15) is 18.2 Å². The number of ether oxygens (including phenoxy) is 1. The third-order valence-corrected chi connectivity index (χ3v) is 5.93. The van der Waals surface area contributed by atoms with E-state index in [0.717, 1.165) is 10.5 Å². The topological polar surface area (TPSA) is 97.4 Å². The Morgan fingerprint density at radius 1 is 1.09 bits per heavy atom. The predicted molar refractivity (Wildman–Crippen MR) is 132 cm³/mol. The largest absolute Gasteiger partial charge is 0.466 e. The summed E-state index contributed by atoms with van der Waals surface area (Å²) in [6.45, 7) is 2.06. The van der Waals surface area contributed by atoms with E-state index in [1.54, 1.807) is 24.4 Å². The minimum Gasteiger partial charge on any atom is -0.466 e. The Balaban J connectivity index is 1.47. The van der Waals surface area contributed by atoms with E-state index in [2.05, 4.69) is 15.6 Å². The third kappa shape index (κ3) is 8.55. The number of hydrogen-bond acceptors (Lipinski definition) is 7. The molecule has 0 bridgehead atoms. The van der Waals surface area contributed by atoms with E-state index in [9.17, 15) is 14.4 Å². The molecular formula is C24H23N3O4S2. The predicted octanol–water partition coefficient (Wildman–Crippen LogP) is 4.63. The lowest BCUT2D eigenvalue weighted by molar-refractivity contribution is -0.142. The third-order valence-electron chi connectivity index (χ3n) is 4.13. The fourth-order valence-corrected chi connectivity index (χ4v) is 4.17. The Morgan fingerprint density at radius 2 is 1.91 bits per heavy atom. The zero-order valence-corrected chi connectivity index (χ0v) is 19.6. The van der Waals surface area contributed by atoms with Gasteiger partial charge in [-0.2, -0.15) is 0 Å². The summed E-state index contributed by atoms with van der Waals surface area (Å²) in [6, 6.07) is 16.9. The van der Waals surface area contributed by atoms with E-state index in [4.69, 9.17) is 4.74 Å². The van der Waals surface area contributed by atoms with Crippen LogP contribution >= 0.6 is 23.1 Å². The molecule has 0 saturated heterocycles. The van der Waals surface area contributed by atoms with Crippen LogP contribution in [0.25, 0.3) is 6.08 Å². The molecule has 0 fully saturated rings. The highest BCUT2D eigenvalue weighted by molar-refractivity contribution is 8.00. The maximum Gasteiger partial charge on any atom is 0.311 e. The summed E-state index contributed by atoms with van der Waals surface area (Å²) in [7, 11) is 0. The molecule has 0 aliphatic carbocycles. The monoisotopic (exact) mass is 481 g/mol. The number of carbonyl (C=O) groups is 3. The van der Waals surface area contributed by atoms with Crippen LogP contribution in [0.15, 0.2) is 70.9 Å². The molecule has 0 unspecified atom stereocenters. The van der Waals surface area contributed by atoms with Crippen molar-refractivity contribution in [1.82, 2.24) is 4.98 Å². The van der Waals surface area contributed by atoms with Crippen LogP contribution in [0, 0.1) is 0 Å². The quantitative estimate of drug-likeness (QED) is 0.249. The van der Waals surface area contributed by atoms with Crippen molar-refractivity contribution < 1.29 is 19.1 Å². The van der Waals surface area contributed by atoms with Crippen molar-refractivity contribution in [2.45, 2.75) is 18.2 Å². The molecule has 0 aliphatic heterocycles. The van der Waals surface area contributed by atoms with Gasteiger partial charge < -0.3 is 15.4 Å². The Hall–Kier alpha value is -3.43. The molecule has 33 heavy (non-hydrogen) atoms. The zero-order chi connectivity index (χ0) is 23.5. The molecule has 0 saturated carbocycles. The Kier molecular flexibility index (Phi) is 9.22. The molecule has 1 aromatic heterocycles. The first-order valence-corrected chi connectivity index (χ1v) is 12.0. The van der Waals surface area contributed by atoms with Crippen LogP contribution in [0.5, 0.6) is 0 Å². The summed E-state index contributed by atoms with van der Waals surface area (Å²) >= 11 is 2.60. The first kappa shape index (κ1) is 24.2. The number of nitrogens with zero attached hydrogens (tertiary/aromatic N) is 1. The van der Waals surface area contributed by atoms with Gasteiger partial charge >= 0.3 is 5.97 Å². The first-order valence-electron chi connectivity index (χ1n) is 10.2. The molecule has 2 amide bonds. The van der Waals surface area contributed by atoms with Gasteiger partial charge in [-0.3, -0.25) is 14.4 Å². The van der Waals surface area contributed by atoms with Gasteiger partial charge in [-0.15, -0.1) is 23.1 Å². The molecule has 3 rings (SSSR count). The second-order valence-corrected chi connectivity index (χ2v) is 8.63. The summed E-state index contributed by atoms with van der Waals surface area (Å²) in [6.07, 6.45) is 3.30. The second-order valence-electron chi connectivity index (χ2n) is 6.72. The molecule has 7 nitrogen and oxygen atoms in total. The van der Waals surface area contributed by atoms with E-state index in [0.29, 0.717) is 23.1 Å². The van der Waals surface area contributed by atoms with Crippen molar-refractivity contribution in [2.75, 3.05) is 23.0 Å². The number of anilines is 2. The maximum absolute atomic E-state index is 12.3.